The third kappa shape index (κ3) is 21.4. The van der Waals surface area contributed by atoms with Crippen LogP contribution in [-0.4, -0.2) is 96.9 Å². The molecule has 0 saturated carbocycles. The van der Waals surface area contributed by atoms with Gasteiger partial charge in [-0.2, -0.15) is 0 Å². The molecule has 0 fully saturated rings. The molecule has 0 aliphatic carbocycles. The van der Waals surface area contributed by atoms with Crippen molar-refractivity contribution in [1.82, 2.24) is 0 Å². The van der Waals surface area contributed by atoms with Crippen LogP contribution in [0.15, 0.2) is 0 Å². The number of aliphatic hydroxyl groups is 2. The molecular weight excluding hydrogens is 646 g/mol. The van der Waals surface area contributed by atoms with Gasteiger partial charge < -0.3 is 45.8 Å². The molecule has 9 atom stereocenters. The van der Waals surface area contributed by atoms with Crippen LogP contribution in [0, 0.1) is 23.7 Å². The van der Waals surface area contributed by atoms with E-state index in [1.807, 2.05) is 13.8 Å². The van der Waals surface area contributed by atoms with Crippen LogP contribution < -0.4 is 5.73 Å². The van der Waals surface area contributed by atoms with Crippen molar-refractivity contribution in [2.45, 2.75) is 154 Å². The lowest BCUT2D eigenvalue weighted by Crippen LogP contribution is -2.42. The van der Waals surface area contributed by atoms with Crippen LogP contribution in [0.1, 0.15) is 124 Å². The van der Waals surface area contributed by atoms with Crippen molar-refractivity contribution in [2.24, 2.45) is 29.4 Å². The number of hydrogen-bond donors (Lipinski definition) is 7. The average Bonchev–Trinajstić information content (AvgIpc) is 2.98. The average molecular weight is 706 g/mol. The highest BCUT2D eigenvalue weighted by molar-refractivity contribution is 5.83. The highest BCUT2D eigenvalue weighted by atomic mass is 16.6. The van der Waals surface area contributed by atoms with Gasteiger partial charge >= 0.3 is 35.8 Å². The first-order valence-electron chi connectivity index (χ1n) is 17.3. The smallest absolute Gasteiger partial charge is 0.307 e. The largest absolute Gasteiger partial charge is 0.481 e. The summed E-state index contributed by atoms with van der Waals surface area (Å²) >= 11 is 0. The number of ether oxygens (including phenoxy) is 2. The third-order valence-corrected chi connectivity index (χ3v) is 8.60. The second-order valence-electron chi connectivity index (χ2n) is 13.4. The molecule has 8 N–H and O–H groups in total. The number of carboxylic acids is 4. The molecule has 0 heterocycles. The lowest BCUT2D eigenvalue weighted by Gasteiger charge is -2.33. The molecule has 15 heteroatoms. The van der Waals surface area contributed by atoms with Crippen molar-refractivity contribution in [2.75, 3.05) is 0 Å². The minimum absolute atomic E-state index is 0.0859. The second kappa shape index (κ2) is 24.8. The Balaban J connectivity index is 5.84. The molecule has 49 heavy (non-hydrogen) atoms. The predicted octanol–water partition coefficient (Wildman–Crippen LogP) is 3.59. The first-order valence-corrected chi connectivity index (χ1v) is 17.3. The fraction of sp³-hybridized carbons (Fsp3) is 0.824. The Morgan fingerprint density at radius 1 is 0.633 bits per heavy atom. The number of unbranched alkanes of at least 4 members (excludes halogenated alkanes) is 4. The lowest BCUT2D eigenvalue weighted by atomic mass is 9.87. The van der Waals surface area contributed by atoms with E-state index < -0.39 is 110 Å². The molecule has 0 bridgehead atoms. The molecule has 0 radical (unpaired) electrons. The molecule has 0 aliphatic rings. The fourth-order valence-corrected chi connectivity index (χ4v) is 5.58. The number of carboxylic acid groups (broad SMARTS) is 4. The highest BCUT2D eigenvalue weighted by Crippen LogP contribution is 2.29. The van der Waals surface area contributed by atoms with E-state index in [1.165, 1.54) is 0 Å². The summed E-state index contributed by atoms with van der Waals surface area (Å²) in [5.74, 6) is -11.3. The van der Waals surface area contributed by atoms with Gasteiger partial charge in [0.2, 0.25) is 0 Å². The summed E-state index contributed by atoms with van der Waals surface area (Å²) in [6.07, 6.45) is 0.203. The van der Waals surface area contributed by atoms with Crippen molar-refractivity contribution >= 4 is 35.8 Å². The van der Waals surface area contributed by atoms with E-state index in [-0.39, 0.29) is 18.8 Å². The monoisotopic (exact) mass is 705 g/mol. The molecule has 0 aromatic heterocycles. The maximum Gasteiger partial charge on any atom is 0.307 e. The van der Waals surface area contributed by atoms with E-state index in [1.54, 1.807) is 13.8 Å². The number of carbonyl (C=O) groups excluding carboxylic acids is 2. The van der Waals surface area contributed by atoms with E-state index in [4.69, 9.17) is 25.4 Å². The molecule has 0 amide bonds. The number of nitrogens with two attached hydrogens (primary N) is 1. The minimum Gasteiger partial charge on any atom is -0.481 e. The van der Waals surface area contributed by atoms with Gasteiger partial charge in [0, 0.05) is 12.5 Å². The fourth-order valence-electron chi connectivity index (χ4n) is 5.58. The Morgan fingerprint density at radius 2 is 1.12 bits per heavy atom. The Labute approximate surface area is 288 Å². The Morgan fingerprint density at radius 3 is 1.57 bits per heavy atom. The topological polar surface area (TPSA) is 268 Å². The maximum absolute atomic E-state index is 13.0. The Bertz CT molecular complexity index is 1030. The van der Waals surface area contributed by atoms with Gasteiger partial charge in [0.25, 0.3) is 0 Å². The van der Waals surface area contributed by atoms with Gasteiger partial charge in [-0.05, 0) is 38.0 Å². The first-order chi connectivity index (χ1) is 22.9. The van der Waals surface area contributed by atoms with Crippen LogP contribution in [0.2, 0.25) is 0 Å². The number of hydrogen-bond acceptors (Lipinski definition) is 11. The van der Waals surface area contributed by atoms with Gasteiger partial charge in [-0.3, -0.25) is 28.8 Å². The van der Waals surface area contributed by atoms with Gasteiger partial charge in [0.05, 0.1) is 49.7 Å². The third-order valence-electron chi connectivity index (χ3n) is 8.60. The molecule has 0 rings (SSSR count). The van der Waals surface area contributed by atoms with Crippen LogP contribution in [0.25, 0.3) is 0 Å². The number of rotatable bonds is 29. The van der Waals surface area contributed by atoms with Crippen LogP contribution in [0.5, 0.6) is 0 Å². The minimum atomic E-state index is -1.55. The Kier molecular flexibility index (Phi) is 23.1. The molecular formula is C34H59NO14. The summed E-state index contributed by atoms with van der Waals surface area (Å²) in [5, 5.41) is 57.0. The van der Waals surface area contributed by atoms with Crippen LogP contribution in [0.4, 0.5) is 0 Å². The summed E-state index contributed by atoms with van der Waals surface area (Å²) in [6.45, 7) is 7.31. The molecule has 0 aromatic carbocycles. The maximum atomic E-state index is 13.0. The van der Waals surface area contributed by atoms with Crippen molar-refractivity contribution < 1.29 is 68.9 Å². The van der Waals surface area contributed by atoms with Crippen LogP contribution >= 0.6 is 0 Å². The van der Waals surface area contributed by atoms with Gasteiger partial charge in [0.1, 0.15) is 12.2 Å². The summed E-state index contributed by atoms with van der Waals surface area (Å²) in [7, 11) is 0. The van der Waals surface area contributed by atoms with Crippen LogP contribution in [-0.2, 0) is 38.2 Å². The number of carbonyl (C=O) groups is 6. The predicted molar refractivity (Wildman–Crippen MR) is 176 cm³/mol. The molecule has 284 valence electrons. The van der Waals surface area contributed by atoms with Gasteiger partial charge in [-0.25, -0.2) is 0 Å². The van der Waals surface area contributed by atoms with Crippen molar-refractivity contribution in [3.63, 3.8) is 0 Å². The first kappa shape index (κ1) is 45.7. The SMILES string of the molecule is CCCC[C@@H](C)[C@@H](OC(=O)C[C@H](CC(=O)O)C(=O)O)[C@H](C[C@@H](C)CCCCCC[C@@H](O)C[C@H](O)[C@H](C)N)OC(=O)C[C@H](CC(=O)O)C(=O)O. The lowest BCUT2D eigenvalue weighted by molar-refractivity contribution is -0.177. The van der Waals surface area contributed by atoms with Crippen molar-refractivity contribution in [1.29, 1.82) is 0 Å². The van der Waals surface area contributed by atoms with Gasteiger partial charge in [0.15, 0.2) is 0 Å². The summed E-state index contributed by atoms with van der Waals surface area (Å²) in [6, 6.07) is -0.432. The quantitative estimate of drug-likeness (QED) is 0.0433. The number of esters is 2. The molecule has 0 saturated heterocycles. The van der Waals surface area contributed by atoms with Gasteiger partial charge in [-0.15, -0.1) is 0 Å². The van der Waals surface area contributed by atoms with Crippen LogP contribution in [0.3, 0.4) is 0 Å². The number of aliphatic carboxylic acids is 4. The highest BCUT2D eigenvalue weighted by Gasteiger charge is 2.37. The molecule has 0 aromatic rings. The van der Waals surface area contributed by atoms with E-state index in [2.05, 4.69) is 0 Å². The second-order valence-corrected chi connectivity index (χ2v) is 13.4. The normalized spacial score (nSPS) is 17.0. The van der Waals surface area contributed by atoms with E-state index in [9.17, 15) is 49.2 Å². The van der Waals surface area contributed by atoms with Crippen molar-refractivity contribution in [3.8, 4) is 0 Å². The van der Waals surface area contributed by atoms with E-state index in [0.29, 0.717) is 19.3 Å². The molecule has 15 nitrogen and oxygen atoms in total. The summed E-state index contributed by atoms with van der Waals surface area (Å²) in [5.41, 5.74) is 5.64. The summed E-state index contributed by atoms with van der Waals surface area (Å²) < 4.78 is 11.5. The summed E-state index contributed by atoms with van der Waals surface area (Å²) in [4.78, 5) is 71.6. The zero-order valence-corrected chi connectivity index (χ0v) is 29.3. The van der Waals surface area contributed by atoms with E-state index in [0.717, 1.165) is 38.5 Å². The molecule has 0 unspecified atom stereocenters. The molecule has 0 spiro atoms. The Hall–Kier alpha value is -3.30. The number of aliphatic hydroxyl groups excluding tert-OH is 2. The standard InChI is InChI=1S/C34H59NO14/c1-5-6-12-21(3)32(49-31(43)18-24(34(46)47)16-29(40)41)27(48-30(42)17-23(33(44)45)15-28(38)39)14-20(2)11-9-7-8-10-13-25(36)19-26(37)22(4)35/h20-27,32,36-37H,5-19,35H2,1-4H3,(H,38,39)(H,40,41)(H,44,45)(H,46,47)/t20-,21+,22-,23-,24-,25+,26-,27-,32+/m0/s1. The zero-order valence-electron chi connectivity index (χ0n) is 29.3. The van der Waals surface area contributed by atoms with Gasteiger partial charge in [-0.1, -0.05) is 65.7 Å². The molecule has 0 aliphatic heterocycles. The zero-order chi connectivity index (χ0) is 37.7. The van der Waals surface area contributed by atoms with Crippen molar-refractivity contribution in [3.05, 3.63) is 0 Å². The van der Waals surface area contributed by atoms with E-state index >= 15 is 0 Å².